The summed E-state index contributed by atoms with van der Waals surface area (Å²) < 4.78 is 33.6. The molecule has 0 radical (unpaired) electrons. The molecule has 8 nitrogen and oxygen atoms in total. The number of aromatic nitrogens is 5. The van der Waals surface area contributed by atoms with Crippen molar-refractivity contribution in [1.29, 1.82) is 5.26 Å². The number of halogens is 4. The topological polar surface area (TPSA) is 120 Å². The van der Waals surface area contributed by atoms with E-state index in [0.29, 0.717) is 23.8 Å². The minimum atomic E-state index is -5.08. The third kappa shape index (κ3) is 6.20. The lowest BCUT2D eigenvalue weighted by Gasteiger charge is -2.02. The molecule has 3 heterocycles. The Bertz CT molecular complexity index is 1340. The van der Waals surface area contributed by atoms with E-state index in [1.54, 1.807) is 6.20 Å². The highest BCUT2D eigenvalue weighted by molar-refractivity contribution is 6.30. The van der Waals surface area contributed by atoms with Crippen molar-refractivity contribution in [1.82, 2.24) is 24.7 Å². The number of nitrogens with one attached hydrogen (secondary N) is 1. The normalized spacial score (nSPS) is 10.8. The number of nitrogens with zero attached hydrogens (tertiary/aromatic N) is 5. The van der Waals surface area contributed by atoms with E-state index in [2.05, 4.69) is 26.1 Å². The zero-order valence-corrected chi connectivity index (χ0v) is 18.3. The Morgan fingerprint density at radius 3 is 2.50 bits per heavy atom. The Hall–Kier alpha value is -4.17. The van der Waals surface area contributed by atoms with E-state index in [1.807, 2.05) is 60.4 Å². The van der Waals surface area contributed by atoms with Gasteiger partial charge in [-0.1, -0.05) is 23.7 Å². The first-order valence-corrected chi connectivity index (χ1v) is 9.95. The van der Waals surface area contributed by atoms with Crippen molar-refractivity contribution in [3.8, 4) is 28.7 Å². The van der Waals surface area contributed by atoms with E-state index in [4.69, 9.17) is 26.8 Å². The third-order valence-electron chi connectivity index (χ3n) is 4.46. The van der Waals surface area contributed by atoms with Crippen LogP contribution in [-0.4, -0.2) is 42.0 Å². The molecule has 34 heavy (non-hydrogen) atoms. The van der Waals surface area contributed by atoms with E-state index < -0.39 is 12.1 Å². The van der Waals surface area contributed by atoms with Crippen LogP contribution in [0.25, 0.3) is 22.6 Å². The van der Waals surface area contributed by atoms with Crippen LogP contribution in [0.1, 0.15) is 17.0 Å². The van der Waals surface area contributed by atoms with Gasteiger partial charge in [-0.25, -0.2) is 9.78 Å². The van der Waals surface area contributed by atoms with Gasteiger partial charge in [-0.15, -0.1) is 0 Å². The van der Waals surface area contributed by atoms with Crippen molar-refractivity contribution in [2.45, 2.75) is 19.6 Å². The van der Waals surface area contributed by atoms with Crippen molar-refractivity contribution in [3.63, 3.8) is 0 Å². The number of rotatable bonds is 4. The monoisotopic (exact) mass is 488 g/mol. The average molecular weight is 489 g/mol. The molecule has 0 saturated heterocycles. The molecule has 2 N–H and O–H groups in total. The second-order valence-electron chi connectivity index (χ2n) is 6.96. The molecular weight excluding hydrogens is 473 g/mol. The average Bonchev–Trinajstić information content (AvgIpc) is 3.41. The minimum Gasteiger partial charge on any atom is -0.475 e. The van der Waals surface area contributed by atoms with E-state index in [1.165, 1.54) is 0 Å². The predicted octanol–water partition coefficient (Wildman–Crippen LogP) is 4.85. The molecule has 4 rings (SSSR count). The number of alkyl halides is 3. The summed E-state index contributed by atoms with van der Waals surface area (Å²) in [4.78, 5) is 20.7. The zero-order valence-electron chi connectivity index (χ0n) is 17.5. The van der Waals surface area contributed by atoms with Gasteiger partial charge in [-0.3, -0.25) is 9.67 Å². The Morgan fingerprint density at radius 2 is 1.91 bits per heavy atom. The number of carboxylic acids is 1. The number of benzene rings is 1. The molecule has 0 atom stereocenters. The first kappa shape index (κ1) is 24.5. The standard InChI is InChI=1S/C20H15ClN6.C2HF3O2/c1-13-19(9-22)26-20(25-13)18-8-15(6-7-23-18)16-10-24-27(12-16)11-14-2-4-17(21)5-3-14;3-2(4,5)1(6)7/h2-8,10,12H,11H2,1H3,(H,25,26);(H,6,7). The number of aromatic amines is 1. The fourth-order valence-electron chi connectivity index (χ4n) is 2.81. The van der Waals surface area contributed by atoms with E-state index in [9.17, 15) is 13.2 Å². The molecule has 0 aliphatic heterocycles. The van der Waals surface area contributed by atoms with Crippen LogP contribution in [-0.2, 0) is 11.3 Å². The Balaban J connectivity index is 0.000000406. The van der Waals surface area contributed by atoms with E-state index in [0.717, 1.165) is 27.4 Å². The molecule has 3 aromatic heterocycles. The van der Waals surface area contributed by atoms with E-state index in [-0.39, 0.29) is 0 Å². The quantitative estimate of drug-likeness (QED) is 0.423. The first-order chi connectivity index (χ1) is 16.1. The molecule has 0 unspecified atom stereocenters. The van der Waals surface area contributed by atoms with Crippen LogP contribution in [0, 0.1) is 18.3 Å². The lowest BCUT2D eigenvalue weighted by molar-refractivity contribution is -0.192. The minimum absolute atomic E-state index is 0.382. The predicted molar refractivity (Wildman–Crippen MR) is 117 cm³/mol. The summed E-state index contributed by atoms with van der Waals surface area (Å²) in [7, 11) is 0. The summed E-state index contributed by atoms with van der Waals surface area (Å²) in [6.07, 6.45) is 0.454. The molecule has 0 spiro atoms. The van der Waals surface area contributed by atoms with Gasteiger partial charge in [0.2, 0.25) is 0 Å². The highest BCUT2D eigenvalue weighted by atomic mass is 35.5. The summed E-state index contributed by atoms with van der Waals surface area (Å²) in [6, 6.07) is 13.6. The van der Waals surface area contributed by atoms with Crippen LogP contribution in [0.5, 0.6) is 0 Å². The fraction of sp³-hybridized carbons (Fsp3) is 0.136. The number of imidazole rings is 1. The maximum Gasteiger partial charge on any atom is 0.490 e. The summed E-state index contributed by atoms with van der Waals surface area (Å²) in [5, 5.41) is 21.4. The number of aliphatic carboxylic acids is 1. The van der Waals surface area contributed by atoms with Crippen molar-refractivity contribution in [2.75, 3.05) is 0 Å². The van der Waals surface area contributed by atoms with Gasteiger partial charge in [0.15, 0.2) is 11.5 Å². The van der Waals surface area contributed by atoms with Gasteiger partial charge in [0.25, 0.3) is 0 Å². The number of nitriles is 1. The van der Waals surface area contributed by atoms with Crippen molar-refractivity contribution in [3.05, 3.63) is 77.0 Å². The number of pyridine rings is 1. The summed E-state index contributed by atoms with van der Waals surface area (Å²) in [5.74, 6) is -2.17. The fourth-order valence-corrected chi connectivity index (χ4v) is 2.93. The van der Waals surface area contributed by atoms with Crippen LogP contribution in [0.2, 0.25) is 5.02 Å². The third-order valence-corrected chi connectivity index (χ3v) is 4.71. The number of carboxylic acid groups (broad SMARTS) is 1. The summed E-state index contributed by atoms with van der Waals surface area (Å²) in [6.45, 7) is 2.48. The smallest absolute Gasteiger partial charge is 0.475 e. The van der Waals surface area contributed by atoms with Crippen LogP contribution in [0.4, 0.5) is 13.2 Å². The second kappa shape index (κ2) is 10.2. The Labute approximate surface area is 196 Å². The first-order valence-electron chi connectivity index (χ1n) is 9.57. The molecule has 4 aromatic rings. The second-order valence-corrected chi connectivity index (χ2v) is 7.39. The molecular formula is C22H16ClF3N6O2. The number of aryl methyl sites for hydroxylation is 1. The van der Waals surface area contributed by atoms with Crippen molar-refractivity contribution < 1.29 is 23.1 Å². The van der Waals surface area contributed by atoms with Crippen molar-refractivity contribution >= 4 is 17.6 Å². The molecule has 174 valence electrons. The van der Waals surface area contributed by atoms with Crippen LogP contribution < -0.4 is 0 Å². The van der Waals surface area contributed by atoms with Gasteiger partial charge in [0.1, 0.15) is 11.8 Å². The van der Waals surface area contributed by atoms with Gasteiger partial charge in [-0.05, 0) is 42.3 Å². The maximum atomic E-state index is 10.6. The highest BCUT2D eigenvalue weighted by Gasteiger charge is 2.38. The Morgan fingerprint density at radius 1 is 1.24 bits per heavy atom. The lowest BCUT2D eigenvalue weighted by atomic mass is 10.1. The number of H-pyrrole nitrogens is 1. The Kier molecular flexibility index (Phi) is 7.33. The SMILES string of the molecule is Cc1[nH]c(-c2cc(-c3cnn(Cc4ccc(Cl)cc4)c3)ccn2)nc1C#N.O=C(O)C(F)(F)F. The number of hydrogen-bond donors (Lipinski definition) is 2. The van der Waals surface area contributed by atoms with Crippen LogP contribution >= 0.6 is 11.6 Å². The van der Waals surface area contributed by atoms with Crippen molar-refractivity contribution in [2.24, 2.45) is 0 Å². The van der Waals surface area contributed by atoms with E-state index >= 15 is 0 Å². The van der Waals surface area contributed by atoms with Crippen LogP contribution in [0.3, 0.4) is 0 Å². The van der Waals surface area contributed by atoms with Gasteiger partial charge in [-0.2, -0.15) is 23.5 Å². The molecule has 12 heteroatoms. The number of hydrogen-bond acceptors (Lipinski definition) is 5. The highest BCUT2D eigenvalue weighted by Crippen LogP contribution is 2.24. The lowest BCUT2D eigenvalue weighted by Crippen LogP contribution is -2.21. The molecule has 1 aromatic carbocycles. The molecule has 0 amide bonds. The molecule has 0 saturated carbocycles. The van der Waals surface area contributed by atoms with Gasteiger partial charge < -0.3 is 10.1 Å². The molecule has 0 aliphatic carbocycles. The molecule has 0 bridgehead atoms. The summed E-state index contributed by atoms with van der Waals surface area (Å²) >= 11 is 5.93. The van der Waals surface area contributed by atoms with Gasteiger partial charge >= 0.3 is 12.1 Å². The molecule has 0 fully saturated rings. The maximum absolute atomic E-state index is 10.6. The molecule has 0 aliphatic rings. The summed E-state index contributed by atoms with van der Waals surface area (Å²) in [5.41, 5.74) is 4.89. The largest absolute Gasteiger partial charge is 0.490 e. The zero-order chi connectivity index (χ0) is 24.9. The van der Waals surface area contributed by atoms with Gasteiger partial charge in [0.05, 0.1) is 18.4 Å². The number of carbonyl (C=O) groups is 1. The van der Waals surface area contributed by atoms with Crippen LogP contribution in [0.15, 0.2) is 55.0 Å². The van der Waals surface area contributed by atoms with Gasteiger partial charge in [0, 0.05) is 23.0 Å².